The second kappa shape index (κ2) is 3.46. The number of allylic oxidation sites excluding steroid dienone is 4. The fourth-order valence-corrected chi connectivity index (χ4v) is 1.30. The van der Waals surface area contributed by atoms with Crippen LogP contribution >= 0.6 is 0 Å². The van der Waals surface area contributed by atoms with Gasteiger partial charge in [-0.15, -0.1) is 0 Å². The number of hydrogen-bond donors (Lipinski definition) is 0. The third-order valence-electron chi connectivity index (χ3n) is 2.37. The van der Waals surface area contributed by atoms with Crippen molar-refractivity contribution in [1.29, 1.82) is 0 Å². The molecule has 1 aliphatic carbocycles. The minimum atomic E-state index is 0. The van der Waals surface area contributed by atoms with Crippen molar-refractivity contribution in [2.24, 2.45) is 0 Å². The molecule has 0 saturated carbocycles. The van der Waals surface area contributed by atoms with Gasteiger partial charge in [-0.2, -0.15) is 0 Å². The van der Waals surface area contributed by atoms with Crippen molar-refractivity contribution >= 4 is 0 Å². The largest absolute Gasteiger partial charge is 1.00 e. The molecule has 1 rings (SSSR count). The average molecular weight is 130 g/mol. The van der Waals surface area contributed by atoms with Gasteiger partial charge in [0, 0.05) is 0 Å². The van der Waals surface area contributed by atoms with E-state index in [1.165, 1.54) is 17.6 Å². The van der Waals surface area contributed by atoms with Crippen molar-refractivity contribution in [2.75, 3.05) is 0 Å². The molecule has 0 fully saturated rings. The molecule has 0 aliphatic heterocycles. The molecule has 0 nitrogen and oxygen atoms in total. The molecule has 0 N–H and O–H groups in total. The van der Waals surface area contributed by atoms with Gasteiger partial charge in [-0.05, 0) is 45.3 Å². The number of rotatable bonds is 0. The summed E-state index contributed by atoms with van der Waals surface area (Å²) in [5.74, 6) is 0. The molecule has 0 aromatic rings. The molecule has 0 aromatic heterocycles. The molecule has 0 spiro atoms. The molecule has 0 amide bonds. The predicted octanol–water partition coefficient (Wildman–Crippen LogP) is 0.179. The zero-order valence-corrected chi connectivity index (χ0v) is 7.71. The van der Waals surface area contributed by atoms with E-state index in [1.807, 2.05) is 0 Å². The Bertz CT molecular complexity index is 180. The molecular weight excluding hydrogens is 115 g/mol. The maximum absolute atomic E-state index is 2.22. The molecule has 1 aliphatic rings. The van der Waals surface area contributed by atoms with Crippen molar-refractivity contribution < 1.29 is 20.3 Å². The fraction of sp³-hybridized carbons (Fsp3) is 0.556. The maximum Gasteiger partial charge on any atom is 1.00 e. The number of hydrogen-bond acceptors (Lipinski definition) is 0. The van der Waals surface area contributed by atoms with Crippen LogP contribution in [-0.2, 0) is 0 Å². The van der Waals surface area contributed by atoms with E-state index in [0.29, 0.717) is 0 Å². The van der Waals surface area contributed by atoms with Crippen molar-refractivity contribution in [3.63, 3.8) is 0 Å². The van der Waals surface area contributed by atoms with Gasteiger partial charge in [0.1, 0.15) is 0 Å². The van der Waals surface area contributed by atoms with Crippen LogP contribution in [0.3, 0.4) is 0 Å². The summed E-state index contributed by atoms with van der Waals surface area (Å²) in [7, 11) is 0. The maximum atomic E-state index is 2.22. The minimum Gasteiger partial charge on any atom is -1.00 e. The van der Waals surface area contributed by atoms with Gasteiger partial charge >= 0.3 is 18.9 Å². The summed E-state index contributed by atoms with van der Waals surface area (Å²) in [6, 6.07) is 0. The zero-order chi connectivity index (χ0) is 7.02. The predicted molar refractivity (Wildman–Crippen MR) is 42.5 cm³/mol. The smallest absolute Gasteiger partial charge is 1.00 e. The molecule has 0 unspecified atom stereocenters. The molecule has 0 aromatic carbocycles. The van der Waals surface area contributed by atoms with Gasteiger partial charge in [-0.25, -0.2) is 0 Å². The van der Waals surface area contributed by atoms with Gasteiger partial charge in [-0.1, -0.05) is 11.1 Å². The fourth-order valence-electron chi connectivity index (χ4n) is 1.30. The summed E-state index contributed by atoms with van der Waals surface area (Å²) >= 11 is 0. The summed E-state index contributed by atoms with van der Waals surface area (Å²) in [5.41, 5.74) is 6.11. The van der Waals surface area contributed by atoms with E-state index < -0.39 is 0 Å². The van der Waals surface area contributed by atoms with Crippen LogP contribution in [0.1, 0.15) is 35.5 Å². The molecule has 0 radical (unpaired) electrons. The van der Waals surface area contributed by atoms with Crippen LogP contribution in [0, 0.1) is 0 Å². The molecule has 0 saturated heterocycles. The van der Waals surface area contributed by atoms with E-state index in [-0.39, 0.29) is 20.3 Å². The van der Waals surface area contributed by atoms with Crippen molar-refractivity contribution in [2.45, 2.75) is 34.1 Å². The topological polar surface area (TPSA) is 0 Å². The Labute approximate surface area is 77.1 Å². The first kappa shape index (κ1) is 10.1. The average Bonchev–Trinajstić information content (AvgIpc) is 1.98. The van der Waals surface area contributed by atoms with Gasteiger partial charge in [0.2, 0.25) is 0 Å². The van der Waals surface area contributed by atoms with Gasteiger partial charge in [-0.3, -0.25) is 0 Å². The third kappa shape index (κ3) is 1.57. The van der Waals surface area contributed by atoms with Crippen LogP contribution in [-0.4, -0.2) is 0 Å². The quantitative estimate of drug-likeness (QED) is 0.410. The zero-order valence-electron chi connectivity index (χ0n) is 8.71. The summed E-state index contributed by atoms with van der Waals surface area (Å²) in [6.07, 6.45) is 1.21. The van der Waals surface area contributed by atoms with Gasteiger partial charge in [0.15, 0.2) is 0 Å². The summed E-state index contributed by atoms with van der Waals surface area (Å²) in [5, 5.41) is 0. The Balaban J connectivity index is 0. The molecule has 1 heteroatoms. The molecular formula is C9H15Li. The van der Waals surface area contributed by atoms with E-state index in [9.17, 15) is 0 Å². The minimum absolute atomic E-state index is 0. The van der Waals surface area contributed by atoms with Crippen LogP contribution in [0.2, 0.25) is 0 Å². The Morgan fingerprint density at radius 2 is 1.20 bits per heavy atom. The Morgan fingerprint density at radius 3 is 1.30 bits per heavy atom. The standard InChI is InChI=1S/C9H14.Li.H/c1-6-5-7(2)9(4)8(6)3;;/h5H2,1-4H3;;/q;+1;-1. The first-order valence-electron chi connectivity index (χ1n) is 3.46. The SMILES string of the molecule is CC1=C(C)C(C)=C(C)C1.[H-].[Li+]. The first-order chi connectivity index (χ1) is 4.13. The summed E-state index contributed by atoms with van der Waals surface area (Å²) in [4.78, 5) is 0. The second-order valence-corrected chi connectivity index (χ2v) is 2.99. The molecule has 10 heavy (non-hydrogen) atoms. The van der Waals surface area contributed by atoms with E-state index in [2.05, 4.69) is 27.7 Å². The van der Waals surface area contributed by atoms with Crippen LogP contribution in [0.5, 0.6) is 0 Å². The summed E-state index contributed by atoms with van der Waals surface area (Å²) < 4.78 is 0. The van der Waals surface area contributed by atoms with Crippen LogP contribution in [0.15, 0.2) is 22.3 Å². The monoisotopic (exact) mass is 130 g/mol. The Hall–Kier alpha value is 0.0774. The molecule has 52 valence electrons. The van der Waals surface area contributed by atoms with E-state index >= 15 is 0 Å². The van der Waals surface area contributed by atoms with E-state index in [0.717, 1.165) is 0 Å². The Kier molecular flexibility index (Phi) is 3.49. The molecule has 0 heterocycles. The second-order valence-electron chi connectivity index (χ2n) is 2.99. The van der Waals surface area contributed by atoms with Crippen LogP contribution in [0.4, 0.5) is 0 Å². The third-order valence-corrected chi connectivity index (χ3v) is 2.37. The van der Waals surface area contributed by atoms with E-state index in [1.54, 1.807) is 11.1 Å². The molecule has 0 bridgehead atoms. The normalized spacial score (nSPS) is 18.0. The molecule has 0 atom stereocenters. The van der Waals surface area contributed by atoms with E-state index in [4.69, 9.17) is 0 Å². The van der Waals surface area contributed by atoms with Crippen molar-refractivity contribution in [3.05, 3.63) is 22.3 Å². The van der Waals surface area contributed by atoms with Gasteiger partial charge in [0.25, 0.3) is 0 Å². The van der Waals surface area contributed by atoms with Crippen molar-refractivity contribution in [3.8, 4) is 0 Å². The Morgan fingerprint density at radius 1 is 0.900 bits per heavy atom. The van der Waals surface area contributed by atoms with Crippen LogP contribution in [0.25, 0.3) is 0 Å². The summed E-state index contributed by atoms with van der Waals surface area (Å²) in [6.45, 7) is 8.85. The van der Waals surface area contributed by atoms with Gasteiger partial charge in [0.05, 0.1) is 0 Å². The van der Waals surface area contributed by atoms with Gasteiger partial charge < -0.3 is 1.43 Å². The first-order valence-corrected chi connectivity index (χ1v) is 3.46. The van der Waals surface area contributed by atoms with Crippen LogP contribution < -0.4 is 18.9 Å². The van der Waals surface area contributed by atoms with Crippen molar-refractivity contribution in [1.82, 2.24) is 0 Å².